The Morgan fingerprint density at radius 3 is 2.11 bits per heavy atom. The molecule has 0 aromatic heterocycles. The quantitative estimate of drug-likeness (QED) is 0.568. The van der Waals surface area contributed by atoms with Gasteiger partial charge in [0.25, 0.3) is 0 Å². The molecule has 0 heterocycles. The number of nitrogens with one attached hydrogen (secondary N) is 1. The molecular weight excluding hydrogens is 398 g/mol. The van der Waals surface area contributed by atoms with Gasteiger partial charge in [0, 0.05) is 13.1 Å². The van der Waals surface area contributed by atoms with E-state index in [1.54, 1.807) is 18.2 Å². The van der Waals surface area contributed by atoms with Crippen molar-refractivity contribution in [2.45, 2.75) is 44.4 Å². The third-order valence-electron chi connectivity index (χ3n) is 3.94. The summed E-state index contributed by atoms with van der Waals surface area (Å²) in [7, 11) is -3.75. The number of hydrogen-bond donors (Lipinski definition) is 1. The third kappa shape index (κ3) is 5.97. The molecule has 0 atom stereocenters. The highest BCUT2D eigenvalue weighted by atomic mass is 35.5. The number of unbranched alkanes of at least 4 members (excludes halogenated alkanes) is 2. The first-order chi connectivity index (χ1) is 13.3. The Bertz CT molecular complexity index is 928. The molecule has 1 N–H and O–H groups in total. The molecule has 0 aliphatic carbocycles. The van der Waals surface area contributed by atoms with Crippen molar-refractivity contribution in [2.24, 2.45) is 0 Å². The number of nitrogens with zero attached hydrogens (tertiary/aromatic N) is 4. The van der Waals surface area contributed by atoms with Gasteiger partial charge in [0.1, 0.15) is 23.9 Å². The molecule has 0 saturated heterocycles. The number of nitriles is 3. The Morgan fingerprint density at radius 1 is 1.07 bits per heavy atom. The summed E-state index contributed by atoms with van der Waals surface area (Å²) in [6.07, 6.45) is 3.23. The van der Waals surface area contributed by atoms with E-state index >= 15 is 0 Å². The van der Waals surface area contributed by atoms with E-state index in [9.17, 15) is 13.7 Å². The molecule has 0 spiro atoms. The van der Waals surface area contributed by atoms with Crippen LogP contribution in [0.1, 0.15) is 39.5 Å². The maximum absolute atomic E-state index is 13.1. The summed E-state index contributed by atoms with van der Waals surface area (Å²) in [4.78, 5) is 0.0272. The van der Waals surface area contributed by atoms with Crippen molar-refractivity contribution in [2.75, 3.05) is 18.4 Å². The molecule has 1 rings (SSSR count). The van der Waals surface area contributed by atoms with Gasteiger partial charge < -0.3 is 5.32 Å². The zero-order chi connectivity index (χ0) is 21.2. The molecule has 148 valence electrons. The van der Waals surface area contributed by atoms with E-state index in [0.29, 0.717) is 13.1 Å². The molecule has 0 unspecified atom stereocenters. The molecule has 7 nitrogen and oxygen atoms in total. The lowest BCUT2D eigenvalue weighted by atomic mass is 10.2. The SMILES string of the molecule is CCCCN(CCCC)S(=O)(=O)c1ccc(Cl)c(NC(C#N)=C(C#N)C#N)c1. The van der Waals surface area contributed by atoms with Gasteiger partial charge in [-0.15, -0.1) is 0 Å². The molecule has 0 radical (unpaired) electrons. The molecule has 0 aliphatic rings. The van der Waals surface area contributed by atoms with E-state index in [-0.39, 0.29) is 21.3 Å². The average molecular weight is 420 g/mol. The van der Waals surface area contributed by atoms with Crippen molar-refractivity contribution in [1.29, 1.82) is 15.8 Å². The van der Waals surface area contributed by atoms with Crippen molar-refractivity contribution in [3.05, 3.63) is 34.5 Å². The first-order valence-corrected chi connectivity index (χ1v) is 10.7. The van der Waals surface area contributed by atoms with Gasteiger partial charge in [0.05, 0.1) is 15.6 Å². The highest BCUT2D eigenvalue weighted by Gasteiger charge is 2.24. The van der Waals surface area contributed by atoms with Crippen LogP contribution in [-0.2, 0) is 10.0 Å². The van der Waals surface area contributed by atoms with E-state index in [1.165, 1.54) is 22.5 Å². The van der Waals surface area contributed by atoms with Crippen LogP contribution in [-0.4, -0.2) is 25.8 Å². The predicted octanol–water partition coefficient (Wildman–Crippen LogP) is 4.17. The smallest absolute Gasteiger partial charge is 0.243 e. The summed E-state index contributed by atoms with van der Waals surface area (Å²) in [6, 6.07) is 9.07. The molecule has 0 fully saturated rings. The average Bonchev–Trinajstić information content (AvgIpc) is 2.69. The lowest BCUT2D eigenvalue weighted by Gasteiger charge is -2.22. The van der Waals surface area contributed by atoms with Crippen molar-refractivity contribution < 1.29 is 8.42 Å². The van der Waals surface area contributed by atoms with Gasteiger partial charge >= 0.3 is 0 Å². The standard InChI is InChI=1S/C19H22ClN5O2S/c1-3-5-9-25(10-6-4-2)28(26,27)16-7-8-17(20)18(11-16)24-19(14-23)15(12-21)13-22/h7-8,11,24H,3-6,9-10H2,1-2H3. The fourth-order valence-corrected chi connectivity index (χ4v) is 4.06. The maximum atomic E-state index is 13.1. The number of halogens is 1. The Kier molecular flexibility index (Phi) is 9.48. The fraction of sp³-hybridized carbons (Fsp3) is 0.421. The summed E-state index contributed by atoms with van der Waals surface area (Å²) in [5, 5.41) is 29.8. The minimum Gasteiger partial charge on any atom is -0.344 e. The predicted molar refractivity (Wildman–Crippen MR) is 108 cm³/mol. The molecule has 9 heteroatoms. The van der Waals surface area contributed by atoms with Gasteiger partial charge in [-0.2, -0.15) is 20.1 Å². The van der Waals surface area contributed by atoms with Crippen LogP contribution in [0.4, 0.5) is 5.69 Å². The largest absolute Gasteiger partial charge is 0.344 e. The van der Waals surface area contributed by atoms with Crippen LogP contribution in [0.15, 0.2) is 34.4 Å². The number of rotatable bonds is 10. The van der Waals surface area contributed by atoms with E-state index < -0.39 is 15.6 Å². The van der Waals surface area contributed by atoms with Gasteiger partial charge in [-0.05, 0) is 31.0 Å². The highest BCUT2D eigenvalue weighted by molar-refractivity contribution is 7.89. The number of sulfonamides is 1. The summed E-state index contributed by atoms with van der Waals surface area (Å²) in [5.74, 6) is 0. The van der Waals surface area contributed by atoms with Gasteiger partial charge in [-0.25, -0.2) is 8.42 Å². The Morgan fingerprint density at radius 2 is 1.64 bits per heavy atom. The first-order valence-electron chi connectivity index (χ1n) is 8.86. The second-order valence-corrected chi connectivity index (χ2v) is 8.31. The number of benzene rings is 1. The second kappa shape index (κ2) is 11.3. The molecule has 0 amide bonds. The van der Waals surface area contributed by atoms with Crippen LogP contribution in [0, 0.1) is 34.0 Å². The molecule has 0 saturated carbocycles. The highest BCUT2D eigenvalue weighted by Crippen LogP contribution is 2.28. The van der Waals surface area contributed by atoms with Crippen LogP contribution in [0.5, 0.6) is 0 Å². The van der Waals surface area contributed by atoms with Crippen LogP contribution >= 0.6 is 11.6 Å². The molecule has 28 heavy (non-hydrogen) atoms. The minimum absolute atomic E-state index is 0.0272. The number of allylic oxidation sites excluding steroid dienone is 2. The zero-order valence-electron chi connectivity index (χ0n) is 15.9. The monoisotopic (exact) mass is 419 g/mol. The minimum atomic E-state index is -3.75. The van der Waals surface area contributed by atoms with Gasteiger partial charge in [0.15, 0.2) is 5.57 Å². The van der Waals surface area contributed by atoms with Gasteiger partial charge in [-0.3, -0.25) is 0 Å². The van der Waals surface area contributed by atoms with Gasteiger partial charge in [-0.1, -0.05) is 38.3 Å². The van der Waals surface area contributed by atoms with Crippen molar-refractivity contribution in [3.8, 4) is 18.2 Å². The first kappa shape index (κ1) is 23.5. The summed E-state index contributed by atoms with van der Waals surface area (Å²) >= 11 is 6.12. The van der Waals surface area contributed by atoms with Crippen LogP contribution in [0.25, 0.3) is 0 Å². The topological polar surface area (TPSA) is 121 Å². The van der Waals surface area contributed by atoms with Crippen LogP contribution in [0.2, 0.25) is 5.02 Å². The van der Waals surface area contributed by atoms with Crippen LogP contribution in [0.3, 0.4) is 0 Å². The van der Waals surface area contributed by atoms with Crippen molar-refractivity contribution >= 4 is 27.3 Å². The third-order valence-corrected chi connectivity index (χ3v) is 6.17. The lowest BCUT2D eigenvalue weighted by Crippen LogP contribution is -2.33. The molecule has 0 bridgehead atoms. The summed E-state index contributed by atoms with van der Waals surface area (Å²) in [6.45, 7) is 4.82. The number of hydrogen-bond acceptors (Lipinski definition) is 6. The van der Waals surface area contributed by atoms with E-state index in [4.69, 9.17) is 22.1 Å². The van der Waals surface area contributed by atoms with Gasteiger partial charge in [0.2, 0.25) is 10.0 Å². The fourth-order valence-electron chi connectivity index (χ4n) is 2.35. The van der Waals surface area contributed by atoms with E-state index in [1.807, 2.05) is 13.8 Å². The Labute approximate surface area is 171 Å². The Hall–Kier alpha value is -2.57. The van der Waals surface area contributed by atoms with E-state index in [2.05, 4.69) is 5.32 Å². The molecule has 0 aliphatic heterocycles. The zero-order valence-corrected chi connectivity index (χ0v) is 17.4. The molecular formula is C19H22ClN5O2S. The van der Waals surface area contributed by atoms with E-state index in [0.717, 1.165) is 25.7 Å². The maximum Gasteiger partial charge on any atom is 0.243 e. The van der Waals surface area contributed by atoms with Crippen molar-refractivity contribution in [1.82, 2.24) is 4.31 Å². The van der Waals surface area contributed by atoms with Crippen LogP contribution < -0.4 is 5.32 Å². The van der Waals surface area contributed by atoms with Crippen molar-refractivity contribution in [3.63, 3.8) is 0 Å². The lowest BCUT2D eigenvalue weighted by molar-refractivity contribution is 0.395. The molecule has 1 aromatic carbocycles. The molecule has 1 aromatic rings. The summed E-state index contributed by atoms with van der Waals surface area (Å²) in [5.41, 5.74) is -0.581. The summed E-state index contributed by atoms with van der Waals surface area (Å²) < 4.78 is 27.6. The second-order valence-electron chi connectivity index (χ2n) is 5.96. The Balaban J connectivity index is 3.34. The normalized spacial score (nSPS) is 10.6. The number of anilines is 1.